The van der Waals surface area contributed by atoms with Gasteiger partial charge >= 0.3 is 5.97 Å². The molecule has 132 valence electrons. The SMILES string of the molecule is Cl.O=C(O)C1CCN(C(=O)C(Oc2ccccc2)c2ccccc2)C1. The van der Waals surface area contributed by atoms with Gasteiger partial charge in [-0.15, -0.1) is 12.4 Å². The maximum Gasteiger partial charge on any atom is 0.308 e. The molecular formula is C19H20ClNO4. The van der Waals surface area contributed by atoms with E-state index in [0.717, 1.165) is 5.56 Å². The molecule has 5 nitrogen and oxygen atoms in total. The molecule has 1 fully saturated rings. The molecule has 2 aromatic rings. The van der Waals surface area contributed by atoms with E-state index in [4.69, 9.17) is 9.84 Å². The van der Waals surface area contributed by atoms with Crippen LogP contribution in [0.5, 0.6) is 5.75 Å². The lowest BCUT2D eigenvalue weighted by Crippen LogP contribution is -2.36. The fourth-order valence-corrected chi connectivity index (χ4v) is 2.85. The van der Waals surface area contributed by atoms with Crippen molar-refractivity contribution in [1.29, 1.82) is 0 Å². The van der Waals surface area contributed by atoms with Crippen LogP contribution in [0.15, 0.2) is 60.7 Å². The normalized spacial score (nSPS) is 17.4. The minimum atomic E-state index is -0.856. The molecule has 0 bridgehead atoms. The van der Waals surface area contributed by atoms with Crippen LogP contribution in [-0.4, -0.2) is 35.0 Å². The van der Waals surface area contributed by atoms with Crippen molar-refractivity contribution >= 4 is 24.3 Å². The van der Waals surface area contributed by atoms with E-state index in [2.05, 4.69) is 0 Å². The number of halogens is 1. The Bertz CT molecular complexity index is 708. The van der Waals surface area contributed by atoms with Crippen LogP contribution in [0.2, 0.25) is 0 Å². The zero-order valence-corrected chi connectivity index (χ0v) is 14.4. The zero-order valence-electron chi connectivity index (χ0n) is 13.6. The minimum absolute atomic E-state index is 0. The van der Waals surface area contributed by atoms with Gasteiger partial charge in [0.15, 0.2) is 0 Å². The Hall–Kier alpha value is -2.53. The third-order valence-electron chi connectivity index (χ3n) is 4.17. The second-order valence-corrected chi connectivity index (χ2v) is 5.83. The average molecular weight is 362 g/mol. The van der Waals surface area contributed by atoms with Crippen molar-refractivity contribution in [3.05, 3.63) is 66.2 Å². The Morgan fingerprint density at radius 2 is 1.64 bits per heavy atom. The van der Waals surface area contributed by atoms with Crippen molar-refractivity contribution < 1.29 is 19.4 Å². The van der Waals surface area contributed by atoms with E-state index >= 15 is 0 Å². The lowest BCUT2D eigenvalue weighted by molar-refractivity contribution is -0.142. The van der Waals surface area contributed by atoms with Crippen LogP contribution in [-0.2, 0) is 9.59 Å². The highest BCUT2D eigenvalue weighted by Gasteiger charge is 2.35. The Morgan fingerprint density at radius 3 is 2.20 bits per heavy atom. The number of hydrogen-bond acceptors (Lipinski definition) is 3. The van der Waals surface area contributed by atoms with Crippen molar-refractivity contribution in [3.8, 4) is 5.75 Å². The van der Waals surface area contributed by atoms with Crippen LogP contribution in [0.25, 0.3) is 0 Å². The number of nitrogens with zero attached hydrogens (tertiary/aromatic N) is 1. The Kier molecular flexibility index (Phi) is 6.42. The summed E-state index contributed by atoms with van der Waals surface area (Å²) in [5, 5.41) is 9.13. The monoisotopic (exact) mass is 361 g/mol. The minimum Gasteiger partial charge on any atom is -0.481 e. The van der Waals surface area contributed by atoms with E-state index in [1.807, 2.05) is 48.5 Å². The number of ether oxygens (including phenoxy) is 1. The molecule has 1 heterocycles. The number of benzene rings is 2. The molecule has 25 heavy (non-hydrogen) atoms. The van der Waals surface area contributed by atoms with Gasteiger partial charge < -0.3 is 14.7 Å². The standard InChI is InChI=1S/C19H19NO4.ClH/c21-18(20-12-11-15(13-20)19(22)23)17(14-7-3-1-4-8-14)24-16-9-5-2-6-10-16;/h1-10,15,17H,11-13H2,(H,22,23);1H. The van der Waals surface area contributed by atoms with E-state index in [1.54, 1.807) is 17.0 Å². The summed E-state index contributed by atoms with van der Waals surface area (Å²) in [5.74, 6) is -0.949. The van der Waals surface area contributed by atoms with Gasteiger partial charge in [0.1, 0.15) is 5.75 Å². The third kappa shape index (κ3) is 4.51. The summed E-state index contributed by atoms with van der Waals surface area (Å²) in [6, 6.07) is 18.4. The van der Waals surface area contributed by atoms with E-state index in [9.17, 15) is 9.59 Å². The van der Waals surface area contributed by atoms with E-state index in [-0.39, 0.29) is 24.9 Å². The molecule has 2 atom stereocenters. The van der Waals surface area contributed by atoms with Crippen molar-refractivity contribution in [2.24, 2.45) is 5.92 Å². The summed E-state index contributed by atoms with van der Waals surface area (Å²) in [6.07, 6.45) is -0.297. The lowest BCUT2D eigenvalue weighted by Gasteiger charge is -2.24. The highest BCUT2D eigenvalue weighted by atomic mass is 35.5. The average Bonchev–Trinajstić information content (AvgIpc) is 3.11. The molecule has 0 aliphatic carbocycles. The molecule has 0 radical (unpaired) electrons. The number of carbonyl (C=O) groups excluding carboxylic acids is 1. The van der Waals surface area contributed by atoms with Crippen molar-refractivity contribution in [3.63, 3.8) is 0 Å². The number of carboxylic acid groups (broad SMARTS) is 1. The quantitative estimate of drug-likeness (QED) is 0.888. The van der Waals surface area contributed by atoms with E-state index in [1.165, 1.54) is 0 Å². The van der Waals surface area contributed by atoms with Crippen LogP contribution >= 0.6 is 12.4 Å². The number of para-hydroxylation sites is 1. The van der Waals surface area contributed by atoms with E-state index in [0.29, 0.717) is 18.7 Å². The number of hydrogen-bond donors (Lipinski definition) is 1. The Morgan fingerprint density at radius 1 is 1.04 bits per heavy atom. The van der Waals surface area contributed by atoms with Gasteiger partial charge in [-0.25, -0.2) is 0 Å². The topological polar surface area (TPSA) is 66.8 Å². The fourth-order valence-electron chi connectivity index (χ4n) is 2.85. The third-order valence-corrected chi connectivity index (χ3v) is 4.17. The Balaban J connectivity index is 0.00000225. The van der Waals surface area contributed by atoms with Gasteiger partial charge in [-0.1, -0.05) is 48.5 Å². The molecule has 0 aromatic heterocycles. The van der Waals surface area contributed by atoms with Crippen LogP contribution in [0, 0.1) is 5.92 Å². The summed E-state index contributed by atoms with van der Waals surface area (Å²) in [4.78, 5) is 25.6. The predicted octanol–water partition coefficient (Wildman–Crippen LogP) is 3.16. The molecule has 1 saturated heterocycles. The fraction of sp³-hybridized carbons (Fsp3) is 0.263. The molecule has 6 heteroatoms. The molecule has 2 aromatic carbocycles. The molecule has 1 aliphatic heterocycles. The van der Waals surface area contributed by atoms with Gasteiger partial charge in [0.2, 0.25) is 6.10 Å². The van der Waals surface area contributed by atoms with Crippen molar-refractivity contribution in [2.45, 2.75) is 12.5 Å². The van der Waals surface area contributed by atoms with Crippen LogP contribution < -0.4 is 4.74 Å². The van der Waals surface area contributed by atoms with Crippen molar-refractivity contribution in [1.82, 2.24) is 4.90 Å². The predicted molar refractivity (Wildman–Crippen MR) is 95.8 cm³/mol. The van der Waals surface area contributed by atoms with E-state index < -0.39 is 18.0 Å². The summed E-state index contributed by atoms with van der Waals surface area (Å²) in [7, 11) is 0. The van der Waals surface area contributed by atoms with Gasteiger partial charge in [-0.2, -0.15) is 0 Å². The molecular weight excluding hydrogens is 342 g/mol. The molecule has 1 aliphatic rings. The summed E-state index contributed by atoms with van der Waals surface area (Å²) in [6.45, 7) is 0.674. The first kappa shape index (κ1) is 18.8. The second kappa shape index (κ2) is 8.53. The lowest BCUT2D eigenvalue weighted by atomic mass is 10.1. The van der Waals surface area contributed by atoms with Gasteiger partial charge in [-0.3, -0.25) is 9.59 Å². The molecule has 2 unspecified atom stereocenters. The summed E-state index contributed by atoms with van der Waals surface area (Å²) < 4.78 is 5.93. The number of likely N-dealkylation sites (tertiary alicyclic amines) is 1. The Labute approximate surface area is 152 Å². The van der Waals surface area contributed by atoms with Gasteiger partial charge in [0.05, 0.1) is 5.92 Å². The molecule has 1 N–H and O–H groups in total. The first-order chi connectivity index (χ1) is 11.6. The smallest absolute Gasteiger partial charge is 0.308 e. The molecule has 0 spiro atoms. The van der Waals surface area contributed by atoms with Crippen molar-refractivity contribution in [2.75, 3.05) is 13.1 Å². The summed E-state index contributed by atoms with van der Waals surface area (Å²) in [5.41, 5.74) is 0.755. The summed E-state index contributed by atoms with van der Waals surface area (Å²) >= 11 is 0. The number of amides is 1. The number of carbonyl (C=O) groups is 2. The molecule has 0 saturated carbocycles. The zero-order chi connectivity index (χ0) is 16.9. The maximum atomic E-state index is 12.9. The van der Waals surface area contributed by atoms with Crippen LogP contribution in [0.1, 0.15) is 18.1 Å². The first-order valence-electron chi connectivity index (χ1n) is 7.93. The van der Waals surface area contributed by atoms with Gasteiger partial charge in [0, 0.05) is 18.7 Å². The number of rotatable bonds is 5. The van der Waals surface area contributed by atoms with Crippen LogP contribution in [0.3, 0.4) is 0 Å². The highest BCUT2D eigenvalue weighted by Crippen LogP contribution is 2.27. The first-order valence-corrected chi connectivity index (χ1v) is 7.93. The van der Waals surface area contributed by atoms with Gasteiger partial charge in [0.25, 0.3) is 5.91 Å². The molecule has 1 amide bonds. The molecule has 3 rings (SSSR count). The second-order valence-electron chi connectivity index (χ2n) is 5.83. The largest absolute Gasteiger partial charge is 0.481 e. The number of carboxylic acids is 1. The number of aliphatic carboxylic acids is 1. The maximum absolute atomic E-state index is 12.9. The van der Waals surface area contributed by atoms with Gasteiger partial charge in [-0.05, 0) is 18.6 Å². The highest BCUT2D eigenvalue weighted by molar-refractivity contribution is 5.85. The van der Waals surface area contributed by atoms with Crippen LogP contribution in [0.4, 0.5) is 0 Å².